The number of para-hydroxylation sites is 2. The van der Waals surface area contributed by atoms with Gasteiger partial charge in [-0.3, -0.25) is 4.79 Å². The molecule has 1 N–H and O–H groups in total. The summed E-state index contributed by atoms with van der Waals surface area (Å²) >= 11 is 6.15. The van der Waals surface area contributed by atoms with Crippen molar-refractivity contribution < 1.29 is 19.0 Å². The zero-order valence-corrected chi connectivity index (χ0v) is 16.2. The molecule has 0 heterocycles. The highest BCUT2D eigenvalue weighted by Gasteiger charge is 2.15. The number of aryl methyl sites for hydroxylation is 2. The summed E-state index contributed by atoms with van der Waals surface area (Å²) < 4.78 is 16.6. The van der Waals surface area contributed by atoms with Gasteiger partial charge in [-0.25, -0.2) is 0 Å². The largest absolute Gasteiger partial charge is 0.493 e. The van der Waals surface area contributed by atoms with E-state index in [1.165, 1.54) is 0 Å². The number of carbonyl (C=O) groups excluding carboxylic acids is 1. The van der Waals surface area contributed by atoms with E-state index in [2.05, 4.69) is 5.32 Å². The highest BCUT2D eigenvalue weighted by atomic mass is 35.5. The lowest BCUT2D eigenvalue weighted by molar-refractivity contribution is -0.127. The predicted molar refractivity (Wildman–Crippen MR) is 103 cm³/mol. The van der Waals surface area contributed by atoms with Crippen molar-refractivity contribution in [2.24, 2.45) is 0 Å². The van der Waals surface area contributed by atoms with Crippen LogP contribution in [0.3, 0.4) is 0 Å². The second kappa shape index (κ2) is 9.34. The van der Waals surface area contributed by atoms with Crippen LogP contribution in [0.15, 0.2) is 36.4 Å². The van der Waals surface area contributed by atoms with Gasteiger partial charge in [0, 0.05) is 5.02 Å². The van der Waals surface area contributed by atoms with E-state index in [1.807, 2.05) is 50.2 Å². The fourth-order valence-corrected chi connectivity index (χ4v) is 2.56. The number of methoxy groups -OCH3 is 1. The normalized spacial score (nSPS) is 11.6. The molecule has 0 saturated carbocycles. The Labute approximate surface area is 159 Å². The second-order valence-corrected chi connectivity index (χ2v) is 6.30. The Hall–Kier alpha value is -2.40. The molecular weight excluding hydrogens is 354 g/mol. The average Bonchev–Trinajstić information content (AvgIpc) is 2.63. The third-order valence-corrected chi connectivity index (χ3v) is 4.42. The Kier molecular flexibility index (Phi) is 7.16. The van der Waals surface area contributed by atoms with E-state index < -0.39 is 6.10 Å². The number of amides is 1. The van der Waals surface area contributed by atoms with E-state index in [0.717, 1.165) is 11.1 Å². The SMILES string of the molecule is COc1ccccc1OCCNC(=O)C(C)Oc1cc(C)c(Cl)c(C)c1. The van der Waals surface area contributed by atoms with Crippen LogP contribution in [0.5, 0.6) is 17.2 Å². The maximum absolute atomic E-state index is 12.2. The van der Waals surface area contributed by atoms with E-state index >= 15 is 0 Å². The Balaban J connectivity index is 1.80. The monoisotopic (exact) mass is 377 g/mol. The van der Waals surface area contributed by atoms with Crippen LogP contribution in [-0.2, 0) is 4.79 Å². The van der Waals surface area contributed by atoms with Crippen LogP contribution in [0.25, 0.3) is 0 Å². The standard InChI is InChI=1S/C20H24ClNO4/c1-13-11-16(12-14(2)19(13)21)26-15(3)20(23)22-9-10-25-18-8-6-5-7-17(18)24-4/h5-8,11-12,15H,9-10H2,1-4H3,(H,22,23). The summed E-state index contributed by atoms with van der Waals surface area (Å²) in [5.41, 5.74) is 1.83. The van der Waals surface area contributed by atoms with Gasteiger partial charge < -0.3 is 19.5 Å². The first kappa shape index (κ1) is 19.9. The lowest BCUT2D eigenvalue weighted by Gasteiger charge is -2.16. The molecule has 0 radical (unpaired) electrons. The molecule has 140 valence electrons. The van der Waals surface area contributed by atoms with Gasteiger partial charge in [0.1, 0.15) is 12.4 Å². The molecule has 26 heavy (non-hydrogen) atoms. The molecule has 1 atom stereocenters. The van der Waals surface area contributed by atoms with Crippen LogP contribution < -0.4 is 19.5 Å². The second-order valence-electron chi connectivity index (χ2n) is 5.92. The molecule has 0 saturated heterocycles. The molecule has 6 heteroatoms. The van der Waals surface area contributed by atoms with Crippen LogP contribution in [0.1, 0.15) is 18.1 Å². The van der Waals surface area contributed by atoms with Crippen molar-refractivity contribution >= 4 is 17.5 Å². The summed E-state index contributed by atoms with van der Waals surface area (Å²) in [6, 6.07) is 11.0. The maximum Gasteiger partial charge on any atom is 0.260 e. The molecule has 2 rings (SSSR count). The summed E-state index contributed by atoms with van der Waals surface area (Å²) in [4.78, 5) is 12.2. The Morgan fingerprint density at radius 2 is 1.77 bits per heavy atom. The summed E-state index contributed by atoms with van der Waals surface area (Å²) in [5.74, 6) is 1.71. The lowest BCUT2D eigenvalue weighted by Crippen LogP contribution is -2.38. The van der Waals surface area contributed by atoms with Gasteiger partial charge in [-0.2, -0.15) is 0 Å². The van der Waals surface area contributed by atoms with Gasteiger partial charge in [0.25, 0.3) is 5.91 Å². The quantitative estimate of drug-likeness (QED) is 0.708. The summed E-state index contributed by atoms with van der Waals surface area (Å²) in [5, 5.41) is 3.51. The smallest absolute Gasteiger partial charge is 0.260 e. The molecule has 0 bridgehead atoms. The fourth-order valence-electron chi connectivity index (χ4n) is 2.45. The number of hydrogen-bond acceptors (Lipinski definition) is 4. The molecule has 0 aliphatic heterocycles. The minimum absolute atomic E-state index is 0.209. The molecule has 0 spiro atoms. The van der Waals surface area contributed by atoms with Crippen LogP contribution in [0, 0.1) is 13.8 Å². The molecule has 1 unspecified atom stereocenters. The molecule has 0 aliphatic carbocycles. The summed E-state index contributed by atoms with van der Waals surface area (Å²) in [7, 11) is 1.59. The van der Waals surface area contributed by atoms with Crippen molar-refractivity contribution in [1.82, 2.24) is 5.32 Å². The molecule has 1 amide bonds. The highest BCUT2D eigenvalue weighted by Crippen LogP contribution is 2.27. The number of hydrogen-bond donors (Lipinski definition) is 1. The number of ether oxygens (including phenoxy) is 3. The molecular formula is C20H24ClNO4. The zero-order valence-electron chi connectivity index (χ0n) is 15.5. The van der Waals surface area contributed by atoms with Gasteiger partial charge in [0.05, 0.1) is 13.7 Å². The molecule has 0 aliphatic rings. The van der Waals surface area contributed by atoms with Gasteiger partial charge >= 0.3 is 0 Å². The number of carbonyl (C=O) groups is 1. The van der Waals surface area contributed by atoms with E-state index in [9.17, 15) is 4.79 Å². The van der Waals surface area contributed by atoms with Gasteiger partial charge in [-0.1, -0.05) is 23.7 Å². The van der Waals surface area contributed by atoms with E-state index in [-0.39, 0.29) is 5.91 Å². The maximum atomic E-state index is 12.2. The number of benzene rings is 2. The van der Waals surface area contributed by atoms with Crippen LogP contribution in [0.4, 0.5) is 0 Å². The van der Waals surface area contributed by atoms with E-state index in [1.54, 1.807) is 14.0 Å². The van der Waals surface area contributed by atoms with Crippen LogP contribution in [0.2, 0.25) is 5.02 Å². The molecule has 0 fully saturated rings. The first-order valence-corrected chi connectivity index (χ1v) is 8.77. The molecule has 2 aromatic rings. The van der Waals surface area contributed by atoms with Gasteiger partial charge in [0.2, 0.25) is 0 Å². The third-order valence-electron chi connectivity index (χ3n) is 3.82. The van der Waals surface area contributed by atoms with E-state index in [0.29, 0.717) is 35.4 Å². The van der Waals surface area contributed by atoms with Gasteiger partial charge in [-0.05, 0) is 56.2 Å². The zero-order chi connectivity index (χ0) is 19.1. The molecule has 2 aromatic carbocycles. The summed E-state index contributed by atoms with van der Waals surface area (Å²) in [6.07, 6.45) is -0.624. The predicted octanol–water partition coefficient (Wildman–Crippen LogP) is 3.93. The van der Waals surface area contributed by atoms with Crippen molar-refractivity contribution in [3.05, 3.63) is 52.5 Å². The first-order valence-electron chi connectivity index (χ1n) is 8.39. The Morgan fingerprint density at radius 3 is 2.38 bits per heavy atom. The van der Waals surface area contributed by atoms with Crippen molar-refractivity contribution in [3.63, 3.8) is 0 Å². The van der Waals surface area contributed by atoms with Crippen molar-refractivity contribution in [1.29, 1.82) is 0 Å². The van der Waals surface area contributed by atoms with Gasteiger partial charge in [-0.15, -0.1) is 0 Å². The molecule has 0 aromatic heterocycles. The average molecular weight is 378 g/mol. The van der Waals surface area contributed by atoms with Gasteiger partial charge in [0.15, 0.2) is 17.6 Å². The number of rotatable bonds is 8. The third kappa shape index (κ3) is 5.30. The molecule has 5 nitrogen and oxygen atoms in total. The van der Waals surface area contributed by atoms with Crippen molar-refractivity contribution in [2.45, 2.75) is 26.9 Å². The minimum atomic E-state index is -0.624. The van der Waals surface area contributed by atoms with Crippen LogP contribution >= 0.6 is 11.6 Å². The van der Waals surface area contributed by atoms with E-state index in [4.69, 9.17) is 25.8 Å². The number of halogens is 1. The van der Waals surface area contributed by atoms with Crippen molar-refractivity contribution in [2.75, 3.05) is 20.3 Å². The van der Waals surface area contributed by atoms with Crippen LogP contribution in [-0.4, -0.2) is 32.3 Å². The summed E-state index contributed by atoms with van der Waals surface area (Å²) in [6.45, 7) is 6.21. The first-order chi connectivity index (χ1) is 12.4. The fraction of sp³-hybridized carbons (Fsp3) is 0.350. The minimum Gasteiger partial charge on any atom is -0.493 e. The Bertz CT molecular complexity index is 740. The lowest BCUT2D eigenvalue weighted by atomic mass is 10.1. The number of nitrogens with one attached hydrogen (secondary N) is 1. The van der Waals surface area contributed by atoms with Crippen molar-refractivity contribution in [3.8, 4) is 17.2 Å². The topological polar surface area (TPSA) is 56.8 Å². The highest BCUT2D eigenvalue weighted by molar-refractivity contribution is 6.32. The Morgan fingerprint density at radius 1 is 1.15 bits per heavy atom.